The first kappa shape index (κ1) is 10.4. The average molecular weight is 208 g/mol. The largest absolute Gasteiger partial charge is 0.457 e. The van der Waals surface area contributed by atoms with Crippen LogP contribution in [0.3, 0.4) is 0 Å². The van der Waals surface area contributed by atoms with E-state index in [0.29, 0.717) is 0 Å². The molecular formula is C12H16O3. The second kappa shape index (κ2) is 3.20. The predicted octanol–water partition coefficient (Wildman–Crippen LogP) is 1.98. The summed E-state index contributed by atoms with van der Waals surface area (Å²) >= 11 is 0. The van der Waals surface area contributed by atoms with Crippen molar-refractivity contribution in [3.63, 3.8) is 0 Å². The van der Waals surface area contributed by atoms with E-state index in [0.717, 1.165) is 6.42 Å². The summed E-state index contributed by atoms with van der Waals surface area (Å²) in [5, 5.41) is 0. The molecule has 0 aromatic rings. The van der Waals surface area contributed by atoms with Crippen LogP contribution in [-0.4, -0.2) is 23.3 Å². The van der Waals surface area contributed by atoms with Crippen molar-refractivity contribution in [1.82, 2.24) is 0 Å². The van der Waals surface area contributed by atoms with Gasteiger partial charge in [0, 0.05) is 0 Å². The summed E-state index contributed by atoms with van der Waals surface area (Å²) in [6.07, 6.45) is 8.02. The molecule has 0 saturated carbocycles. The van der Waals surface area contributed by atoms with Gasteiger partial charge in [0.25, 0.3) is 0 Å². The third-order valence-corrected chi connectivity index (χ3v) is 2.97. The number of carbonyl (C=O) groups is 1. The fourth-order valence-corrected chi connectivity index (χ4v) is 1.49. The maximum absolute atomic E-state index is 11.9. The van der Waals surface area contributed by atoms with Gasteiger partial charge in [-0.05, 0) is 26.3 Å². The Kier molecular flexibility index (Phi) is 2.23. The maximum atomic E-state index is 11.9. The van der Waals surface area contributed by atoms with Crippen molar-refractivity contribution in [1.29, 1.82) is 0 Å². The van der Waals surface area contributed by atoms with Crippen molar-refractivity contribution in [2.75, 3.05) is 0 Å². The molecule has 2 unspecified atom stereocenters. The van der Waals surface area contributed by atoms with Crippen LogP contribution in [0.2, 0.25) is 0 Å². The van der Waals surface area contributed by atoms with Crippen molar-refractivity contribution in [2.24, 2.45) is 0 Å². The molecule has 15 heavy (non-hydrogen) atoms. The Morgan fingerprint density at radius 3 is 2.87 bits per heavy atom. The van der Waals surface area contributed by atoms with Gasteiger partial charge in [-0.3, -0.25) is 0 Å². The van der Waals surface area contributed by atoms with Crippen LogP contribution >= 0.6 is 0 Å². The van der Waals surface area contributed by atoms with Crippen LogP contribution in [-0.2, 0) is 14.3 Å². The summed E-state index contributed by atoms with van der Waals surface area (Å²) in [6.45, 7) is 5.80. The molecule has 1 aliphatic heterocycles. The molecule has 2 aliphatic rings. The molecule has 2 atom stereocenters. The first-order valence-electron chi connectivity index (χ1n) is 5.27. The Balaban J connectivity index is 2.05. The van der Waals surface area contributed by atoms with Crippen molar-refractivity contribution in [3.05, 3.63) is 24.3 Å². The molecule has 3 nitrogen and oxygen atoms in total. The highest BCUT2D eigenvalue weighted by Crippen LogP contribution is 2.43. The van der Waals surface area contributed by atoms with Gasteiger partial charge in [0.2, 0.25) is 5.60 Å². The number of ether oxygens (including phenoxy) is 2. The van der Waals surface area contributed by atoms with Crippen LogP contribution in [0, 0.1) is 0 Å². The van der Waals surface area contributed by atoms with Crippen molar-refractivity contribution in [3.8, 4) is 0 Å². The molecule has 3 heteroatoms. The Morgan fingerprint density at radius 1 is 1.53 bits per heavy atom. The molecule has 1 fully saturated rings. The van der Waals surface area contributed by atoms with E-state index in [-0.39, 0.29) is 12.1 Å². The Morgan fingerprint density at radius 2 is 2.27 bits per heavy atom. The van der Waals surface area contributed by atoms with Gasteiger partial charge in [-0.25, -0.2) is 4.79 Å². The fraction of sp³-hybridized carbons (Fsp3) is 0.583. The van der Waals surface area contributed by atoms with Crippen LogP contribution in [0.15, 0.2) is 24.3 Å². The van der Waals surface area contributed by atoms with Crippen molar-refractivity contribution in [2.45, 2.75) is 44.5 Å². The van der Waals surface area contributed by atoms with Gasteiger partial charge in [0.15, 0.2) is 0 Å². The number of hydrogen-bond acceptors (Lipinski definition) is 3. The van der Waals surface area contributed by atoms with E-state index in [2.05, 4.69) is 0 Å². The van der Waals surface area contributed by atoms with E-state index in [9.17, 15) is 4.79 Å². The van der Waals surface area contributed by atoms with E-state index in [1.54, 1.807) is 6.08 Å². The molecular weight excluding hydrogens is 192 g/mol. The average Bonchev–Trinajstić information content (AvgIpc) is 2.92. The monoisotopic (exact) mass is 208 g/mol. The minimum atomic E-state index is -0.818. The summed E-state index contributed by atoms with van der Waals surface area (Å²) in [4.78, 5) is 11.9. The molecule has 82 valence electrons. The Bertz CT molecular complexity index is 341. The highest BCUT2D eigenvalue weighted by atomic mass is 16.7. The minimum Gasteiger partial charge on any atom is -0.457 e. The molecule has 0 bridgehead atoms. The van der Waals surface area contributed by atoms with Gasteiger partial charge in [-0.2, -0.15) is 0 Å². The smallest absolute Gasteiger partial charge is 0.346 e. The van der Waals surface area contributed by atoms with E-state index in [1.807, 2.05) is 39.0 Å². The number of epoxide rings is 1. The van der Waals surface area contributed by atoms with E-state index < -0.39 is 11.2 Å². The molecule has 0 amide bonds. The molecule has 2 rings (SSSR count). The lowest BCUT2D eigenvalue weighted by atomic mass is 10.00. The zero-order valence-corrected chi connectivity index (χ0v) is 9.32. The molecule has 1 aliphatic carbocycles. The topological polar surface area (TPSA) is 38.8 Å². The zero-order valence-electron chi connectivity index (χ0n) is 9.32. The second-order valence-corrected chi connectivity index (χ2v) is 4.58. The number of esters is 1. The summed E-state index contributed by atoms with van der Waals surface area (Å²) in [5.41, 5.74) is -1.24. The molecule has 0 radical (unpaired) electrons. The third kappa shape index (κ3) is 1.72. The summed E-state index contributed by atoms with van der Waals surface area (Å²) in [7, 11) is 0. The van der Waals surface area contributed by atoms with E-state index in [4.69, 9.17) is 9.47 Å². The molecule has 0 spiro atoms. The Hall–Kier alpha value is -1.09. The lowest BCUT2D eigenvalue weighted by Crippen LogP contribution is -2.36. The van der Waals surface area contributed by atoms with Gasteiger partial charge in [0.1, 0.15) is 11.7 Å². The maximum Gasteiger partial charge on any atom is 0.346 e. The summed E-state index contributed by atoms with van der Waals surface area (Å²) in [5.74, 6) is -0.278. The molecule has 0 aromatic heterocycles. The zero-order chi connectivity index (χ0) is 11.1. The first-order valence-corrected chi connectivity index (χ1v) is 5.27. The molecule has 0 N–H and O–H groups in total. The lowest BCUT2D eigenvalue weighted by molar-refractivity contribution is -0.161. The normalized spacial score (nSPS) is 32.3. The van der Waals surface area contributed by atoms with Gasteiger partial charge < -0.3 is 9.47 Å². The summed E-state index contributed by atoms with van der Waals surface area (Å²) in [6, 6.07) is 0. The number of fused-ring (bicyclic) bond motifs is 1. The number of allylic oxidation sites excluding steroid dienone is 2. The van der Waals surface area contributed by atoms with Crippen LogP contribution < -0.4 is 0 Å². The highest BCUT2D eigenvalue weighted by molar-refractivity contribution is 5.87. The van der Waals surface area contributed by atoms with Crippen molar-refractivity contribution < 1.29 is 14.3 Å². The lowest BCUT2D eigenvalue weighted by Gasteiger charge is -2.24. The second-order valence-electron chi connectivity index (χ2n) is 4.58. The van der Waals surface area contributed by atoms with Crippen molar-refractivity contribution >= 4 is 5.97 Å². The quantitative estimate of drug-likeness (QED) is 0.526. The number of carbonyl (C=O) groups excluding carboxylic acids is 1. The first-order chi connectivity index (χ1) is 7.00. The predicted molar refractivity (Wildman–Crippen MR) is 56.3 cm³/mol. The van der Waals surface area contributed by atoms with Crippen LogP contribution in [0.5, 0.6) is 0 Å². The van der Waals surface area contributed by atoms with Gasteiger partial charge in [0.05, 0.1) is 0 Å². The number of rotatable bonds is 3. The van der Waals surface area contributed by atoms with Crippen LogP contribution in [0.4, 0.5) is 0 Å². The van der Waals surface area contributed by atoms with E-state index >= 15 is 0 Å². The summed E-state index contributed by atoms with van der Waals surface area (Å²) < 4.78 is 10.8. The van der Waals surface area contributed by atoms with Crippen LogP contribution in [0.1, 0.15) is 27.2 Å². The minimum absolute atomic E-state index is 0.123. The SMILES string of the molecule is CCC(C)(C)OC(=O)C12C=CC=CC1O2. The van der Waals surface area contributed by atoms with Gasteiger partial charge in [-0.15, -0.1) is 0 Å². The van der Waals surface area contributed by atoms with E-state index in [1.165, 1.54) is 0 Å². The Labute approximate surface area is 89.8 Å². The van der Waals surface area contributed by atoms with Crippen LogP contribution in [0.25, 0.3) is 0 Å². The highest BCUT2D eigenvalue weighted by Gasteiger charge is 2.62. The standard InChI is InChI=1S/C12H16O3/c1-4-11(2,3)15-10(13)12-8-6-5-7-9(12)14-12/h5-9H,4H2,1-3H3. The number of hydrogen-bond donors (Lipinski definition) is 0. The molecule has 1 heterocycles. The molecule has 0 aromatic carbocycles. The fourth-order valence-electron chi connectivity index (χ4n) is 1.49. The molecule has 1 saturated heterocycles. The van der Waals surface area contributed by atoms with Gasteiger partial charge >= 0.3 is 5.97 Å². The third-order valence-electron chi connectivity index (χ3n) is 2.97. The van der Waals surface area contributed by atoms with Gasteiger partial charge in [-0.1, -0.05) is 25.2 Å².